The van der Waals surface area contributed by atoms with Gasteiger partial charge in [-0.1, -0.05) is 212 Å². The molecule has 3 aliphatic rings. The molecule has 0 amide bonds. The zero-order valence-corrected chi connectivity index (χ0v) is 39.0. The van der Waals surface area contributed by atoms with Gasteiger partial charge in [0.25, 0.3) is 0 Å². The highest BCUT2D eigenvalue weighted by atomic mass is 32.1. The molecule has 0 bridgehead atoms. The molecule has 0 radical (unpaired) electrons. The second kappa shape index (κ2) is 15.0. The fourth-order valence-electron chi connectivity index (χ4n) is 13.0. The van der Waals surface area contributed by atoms with Gasteiger partial charge in [0.1, 0.15) is 0 Å². The van der Waals surface area contributed by atoms with Crippen LogP contribution in [0.1, 0.15) is 44.5 Å². The molecule has 0 saturated carbocycles. The number of benzene rings is 11. The first-order valence-electron chi connectivity index (χ1n) is 24.3. The molecule has 0 N–H and O–H groups in total. The van der Waals surface area contributed by atoms with Crippen LogP contribution in [0, 0.1) is 0 Å². The summed E-state index contributed by atoms with van der Waals surface area (Å²) in [6.07, 6.45) is 0. The Bertz CT molecular complexity index is 3990. The van der Waals surface area contributed by atoms with Crippen molar-refractivity contribution in [3.63, 3.8) is 0 Å². The minimum atomic E-state index is -0.540. The maximum absolute atomic E-state index is 2.55. The van der Waals surface area contributed by atoms with Gasteiger partial charge in [0.05, 0.1) is 10.8 Å². The molecular formula is C68H43NS. The van der Waals surface area contributed by atoms with E-state index in [1.807, 2.05) is 11.3 Å². The predicted octanol–water partition coefficient (Wildman–Crippen LogP) is 17.9. The van der Waals surface area contributed by atoms with E-state index in [4.69, 9.17) is 0 Å². The first-order valence-corrected chi connectivity index (χ1v) is 25.1. The number of para-hydroxylation sites is 1. The van der Waals surface area contributed by atoms with Crippen molar-refractivity contribution in [1.29, 1.82) is 0 Å². The molecule has 326 valence electrons. The normalized spacial score (nSPS) is 13.9. The van der Waals surface area contributed by atoms with Crippen molar-refractivity contribution in [2.24, 2.45) is 0 Å². The molecule has 11 aromatic carbocycles. The van der Waals surface area contributed by atoms with E-state index in [1.54, 1.807) is 0 Å². The Morgan fingerprint density at radius 3 is 1.33 bits per heavy atom. The van der Waals surface area contributed by atoms with Crippen molar-refractivity contribution < 1.29 is 0 Å². The van der Waals surface area contributed by atoms with Crippen molar-refractivity contribution in [3.05, 3.63) is 305 Å². The maximum atomic E-state index is 2.55. The molecule has 0 aliphatic heterocycles. The molecule has 12 aromatic rings. The fourth-order valence-corrected chi connectivity index (χ4v) is 14.3. The SMILES string of the molecule is c1ccc(N(c2ccc(-c3ccc4c(c3)C3(c5ccccc5-c5ccccc53)c3ccccc3C43c4ccccc4-c4ccccc43)cc2)c2cccc(-c3cccc4c3sc3ccccc34)c2)cc1. The van der Waals surface area contributed by atoms with Crippen LogP contribution in [0.3, 0.4) is 0 Å². The van der Waals surface area contributed by atoms with Crippen molar-refractivity contribution >= 4 is 48.6 Å². The lowest BCUT2D eigenvalue weighted by Crippen LogP contribution is -2.43. The monoisotopic (exact) mass is 905 g/mol. The molecule has 2 spiro atoms. The number of rotatable bonds is 5. The average Bonchev–Trinajstić information content (AvgIpc) is 4.06. The molecule has 2 heteroatoms. The topological polar surface area (TPSA) is 3.24 Å². The summed E-state index contributed by atoms with van der Waals surface area (Å²) in [7, 11) is 0. The standard InChI is InChI=1S/C68H43NS/c1-2-19-47(20-3-1)69(49-21-16-18-46(42-49)50-27-17-28-56-55-26-8-15-35-65(55)70-66(50)56)48-39-36-44(37-40-48)45-38-41-63-64(43-45)68(59-31-11-6-24-53(59)54-25-7-12-32-60(54)68)62-34-14-13-33-61(62)67(63)57-29-9-4-22-51(57)52-23-5-10-30-58(52)67/h1-43H. The zero-order chi connectivity index (χ0) is 46.0. The predicted molar refractivity (Wildman–Crippen MR) is 293 cm³/mol. The number of thiophene rings is 1. The third-order valence-electron chi connectivity index (χ3n) is 15.8. The zero-order valence-electron chi connectivity index (χ0n) is 38.2. The summed E-state index contributed by atoms with van der Waals surface area (Å²) < 4.78 is 2.64. The third kappa shape index (κ3) is 5.26. The minimum absolute atomic E-state index is 0.507. The van der Waals surface area contributed by atoms with E-state index in [0.717, 1.165) is 17.1 Å². The highest BCUT2D eigenvalue weighted by Crippen LogP contribution is 2.67. The summed E-state index contributed by atoms with van der Waals surface area (Å²) in [5.74, 6) is 0. The number of anilines is 3. The number of fused-ring (bicyclic) bond motifs is 19. The first-order chi connectivity index (χ1) is 34.7. The molecular weight excluding hydrogens is 863 g/mol. The summed E-state index contributed by atoms with van der Waals surface area (Å²) in [6, 6.07) is 98.0. The van der Waals surface area contributed by atoms with Gasteiger partial charge in [-0.2, -0.15) is 0 Å². The number of nitrogens with zero attached hydrogens (tertiary/aromatic N) is 1. The quantitative estimate of drug-likeness (QED) is 0.166. The Labute approximate surface area is 411 Å². The molecule has 1 nitrogen and oxygen atoms in total. The molecule has 0 unspecified atom stereocenters. The Morgan fingerprint density at radius 2 is 0.700 bits per heavy atom. The number of hydrogen-bond donors (Lipinski definition) is 0. The fraction of sp³-hybridized carbons (Fsp3) is 0.0294. The van der Waals surface area contributed by atoms with Crippen LogP contribution in [0.2, 0.25) is 0 Å². The lowest BCUT2D eigenvalue weighted by atomic mass is 9.52. The average molecular weight is 906 g/mol. The molecule has 0 atom stereocenters. The van der Waals surface area contributed by atoms with E-state index in [2.05, 4.69) is 266 Å². The van der Waals surface area contributed by atoms with E-state index < -0.39 is 10.8 Å². The Morgan fingerprint density at radius 1 is 0.257 bits per heavy atom. The van der Waals surface area contributed by atoms with Gasteiger partial charge in [-0.15, -0.1) is 11.3 Å². The summed E-state index contributed by atoms with van der Waals surface area (Å²) >= 11 is 1.88. The third-order valence-corrected chi connectivity index (χ3v) is 17.0. The summed E-state index contributed by atoms with van der Waals surface area (Å²) in [5, 5.41) is 2.63. The van der Waals surface area contributed by atoms with E-state index >= 15 is 0 Å². The highest BCUT2D eigenvalue weighted by Gasteiger charge is 2.58. The molecule has 0 saturated heterocycles. The summed E-state index contributed by atoms with van der Waals surface area (Å²) in [5.41, 5.74) is 23.1. The van der Waals surface area contributed by atoms with Crippen molar-refractivity contribution in [1.82, 2.24) is 0 Å². The molecule has 15 rings (SSSR count). The van der Waals surface area contributed by atoms with E-state index in [-0.39, 0.29) is 0 Å². The highest BCUT2D eigenvalue weighted by molar-refractivity contribution is 7.26. The Hall–Kier alpha value is -8.56. The van der Waals surface area contributed by atoms with Gasteiger partial charge in [-0.05, 0) is 138 Å². The summed E-state index contributed by atoms with van der Waals surface area (Å²) in [6.45, 7) is 0. The van der Waals surface area contributed by atoms with Crippen LogP contribution in [0.5, 0.6) is 0 Å². The van der Waals surface area contributed by atoms with Gasteiger partial charge >= 0.3 is 0 Å². The molecule has 0 fully saturated rings. The van der Waals surface area contributed by atoms with Gasteiger partial charge in [-0.25, -0.2) is 0 Å². The van der Waals surface area contributed by atoms with E-state index in [0.29, 0.717) is 0 Å². The van der Waals surface area contributed by atoms with Crippen LogP contribution in [-0.2, 0) is 10.8 Å². The van der Waals surface area contributed by atoms with Gasteiger partial charge in [0.15, 0.2) is 0 Å². The van der Waals surface area contributed by atoms with Crippen LogP contribution in [-0.4, -0.2) is 0 Å². The van der Waals surface area contributed by atoms with Gasteiger partial charge in [0.2, 0.25) is 0 Å². The largest absolute Gasteiger partial charge is 0.310 e. The molecule has 1 aromatic heterocycles. The van der Waals surface area contributed by atoms with Crippen LogP contribution in [0.25, 0.3) is 64.7 Å². The van der Waals surface area contributed by atoms with Crippen molar-refractivity contribution in [2.45, 2.75) is 10.8 Å². The van der Waals surface area contributed by atoms with Gasteiger partial charge in [0, 0.05) is 37.2 Å². The van der Waals surface area contributed by atoms with Crippen LogP contribution < -0.4 is 4.90 Å². The second-order valence-corrected chi connectivity index (χ2v) is 20.1. The molecule has 70 heavy (non-hydrogen) atoms. The van der Waals surface area contributed by atoms with Crippen molar-refractivity contribution in [3.8, 4) is 44.5 Å². The summed E-state index contributed by atoms with van der Waals surface area (Å²) in [4.78, 5) is 2.39. The smallest absolute Gasteiger partial charge is 0.0720 e. The first kappa shape index (κ1) is 39.4. The van der Waals surface area contributed by atoms with Crippen LogP contribution >= 0.6 is 11.3 Å². The van der Waals surface area contributed by atoms with Crippen LogP contribution in [0.15, 0.2) is 261 Å². The Balaban J connectivity index is 0.922. The van der Waals surface area contributed by atoms with Crippen molar-refractivity contribution in [2.75, 3.05) is 4.90 Å². The number of hydrogen-bond acceptors (Lipinski definition) is 2. The molecule has 1 heterocycles. The Kier molecular flexibility index (Phi) is 8.43. The molecule has 3 aliphatic carbocycles. The lowest BCUT2D eigenvalue weighted by molar-refractivity contribution is 0.633. The van der Waals surface area contributed by atoms with E-state index in [9.17, 15) is 0 Å². The van der Waals surface area contributed by atoms with Gasteiger partial charge < -0.3 is 4.90 Å². The minimum Gasteiger partial charge on any atom is -0.310 e. The maximum Gasteiger partial charge on any atom is 0.0720 e. The van der Waals surface area contributed by atoms with Crippen LogP contribution in [0.4, 0.5) is 17.1 Å². The van der Waals surface area contributed by atoms with E-state index in [1.165, 1.54) is 109 Å². The lowest BCUT2D eigenvalue weighted by Gasteiger charge is -2.49. The van der Waals surface area contributed by atoms with Gasteiger partial charge in [-0.3, -0.25) is 0 Å². The second-order valence-electron chi connectivity index (χ2n) is 19.0.